The normalized spacial score (nSPS) is 18.3. The van der Waals surface area contributed by atoms with Crippen molar-refractivity contribution in [1.82, 2.24) is 19.6 Å². The standard InChI is InChI=1S/C13H22N4O2/c1-5-17-12-10(6-14-17)7-16(13(18)15(2)3)8-11(12)9-19-4/h6,11H,5,7-9H2,1-4H3/t11-/m0/s1. The maximum absolute atomic E-state index is 12.1. The van der Waals surface area contributed by atoms with E-state index in [1.54, 1.807) is 26.1 Å². The highest BCUT2D eigenvalue weighted by Gasteiger charge is 2.31. The second-order valence-electron chi connectivity index (χ2n) is 5.08. The molecule has 2 amide bonds. The van der Waals surface area contributed by atoms with Crippen LogP contribution in [0.3, 0.4) is 0 Å². The first-order valence-corrected chi connectivity index (χ1v) is 6.58. The summed E-state index contributed by atoms with van der Waals surface area (Å²) in [6.07, 6.45) is 1.87. The van der Waals surface area contributed by atoms with E-state index in [0.29, 0.717) is 19.7 Å². The van der Waals surface area contributed by atoms with E-state index in [0.717, 1.165) is 12.1 Å². The van der Waals surface area contributed by atoms with Crippen molar-refractivity contribution >= 4 is 6.03 Å². The van der Waals surface area contributed by atoms with Crippen LogP contribution in [-0.2, 0) is 17.8 Å². The molecule has 1 aromatic heterocycles. The molecule has 1 aliphatic heterocycles. The Labute approximate surface area is 113 Å². The number of hydrogen-bond acceptors (Lipinski definition) is 3. The average Bonchev–Trinajstić information content (AvgIpc) is 2.81. The van der Waals surface area contributed by atoms with E-state index >= 15 is 0 Å². The van der Waals surface area contributed by atoms with Gasteiger partial charge in [-0.1, -0.05) is 0 Å². The summed E-state index contributed by atoms with van der Waals surface area (Å²) in [7, 11) is 5.25. The van der Waals surface area contributed by atoms with Crippen LogP contribution in [0.5, 0.6) is 0 Å². The molecular formula is C13H22N4O2. The number of nitrogens with zero attached hydrogens (tertiary/aromatic N) is 4. The molecule has 19 heavy (non-hydrogen) atoms. The molecule has 1 aliphatic rings. The largest absolute Gasteiger partial charge is 0.384 e. The summed E-state index contributed by atoms with van der Waals surface area (Å²) in [4.78, 5) is 15.6. The summed E-state index contributed by atoms with van der Waals surface area (Å²) in [5.41, 5.74) is 2.34. The number of amides is 2. The van der Waals surface area contributed by atoms with Gasteiger partial charge in [0.05, 0.1) is 25.0 Å². The summed E-state index contributed by atoms with van der Waals surface area (Å²) < 4.78 is 7.31. The molecule has 2 rings (SSSR count). The van der Waals surface area contributed by atoms with Gasteiger partial charge in [-0.25, -0.2) is 4.79 Å². The predicted molar refractivity (Wildman–Crippen MR) is 72.0 cm³/mol. The van der Waals surface area contributed by atoms with Gasteiger partial charge in [0.25, 0.3) is 0 Å². The Bertz CT molecular complexity index is 455. The lowest BCUT2D eigenvalue weighted by Gasteiger charge is -2.34. The first kappa shape index (κ1) is 13.9. The van der Waals surface area contributed by atoms with E-state index in [-0.39, 0.29) is 11.9 Å². The van der Waals surface area contributed by atoms with Crippen LogP contribution in [0.25, 0.3) is 0 Å². The van der Waals surface area contributed by atoms with E-state index in [2.05, 4.69) is 12.0 Å². The average molecular weight is 266 g/mol. The molecule has 0 saturated heterocycles. The van der Waals surface area contributed by atoms with E-state index in [1.807, 2.05) is 15.8 Å². The van der Waals surface area contributed by atoms with Crippen LogP contribution < -0.4 is 0 Å². The van der Waals surface area contributed by atoms with Crippen molar-refractivity contribution in [3.63, 3.8) is 0 Å². The molecule has 0 radical (unpaired) electrons. The molecule has 0 unspecified atom stereocenters. The molecule has 0 fully saturated rings. The van der Waals surface area contributed by atoms with Crippen molar-refractivity contribution in [3.05, 3.63) is 17.5 Å². The minimum Gasteiger partial charge on any atom is -0.384 e. The van der Waals surface area contributed by atoms with Crippen LogP contribution in [0.1, 0.15) is 24.1 Å². The summed E-state index contributed by atoms with van der Waals surface area (Å²) in [5, 5.41) is 4.40. The van der Waals surface area contributed by atoms with Gasteiger partial charge in [-0.05, 0) is 6.92 Å². The Morgan fingerprint density at radius 1 is 1.58 bits per heavy atom. The molecule has 6 nitrogen and oxygen atoms in total. The van der Waals surface area contributed by atoms with Gasteiger partial charge < -0.3 is 14.5 Å². The molecule has 106 valence electrons. The summed E-state index contributed by atoms with van der Waals surface area (Å²) in [6.45, 7) is 4.84. The molecule has 0 bridgehead atoms. The number of aromatic nitrogens is 2. The van der Waals surface area contributed by atoms with Gasteiger partial charge >= 0.3 is 6.03 Å². The quantitative estimate of drug-likeness (QED) is 0.824. The lowest BCUT2D eigenvalue weighted by molar-refractivity contribution is 0.128. The fourth-order valence-electron chi connectivity index (χ4n) is 2.66. The molecule has 0 aliphatic carbocycles. The third-order valence-electron chi connectivity index (χ3n) is 3.47. The van der Waals surface area contributed by atoms with Crippen LogP contribution in [0.15, 0.2) is 6.20 Å². The van der Waals surface area contributed by atoms with E-state index < -0.39 is 0 Å². The third-order valence-corrected chi connectivity index (χ3v) is 3.47. The van der Waals surface area contributed by atoms with Crippen LogP contribution in [0.2, 0.25) is 0 Å². The number of rotatable bonds is 3. The van der Waals surface area contributed by atoms with Crippen LogP contribution >= 0.6 is 0 Å². The number of aryl methyl sites for hydroxylation is 1. The summed E-state index contributed by atoms with van der Waals surface area (Å²) >= 11 is 0. The first-order chi connectivity index (χ1) is 9.08. The fourth-order valence-corrected chi connectivity index (χ4v) is 2.66. The summed E-state index contributed by atoms with van der Waals surface area (Å²) in [5.74, 6) is 0.195. The smallest absolute Gasteiger partial charge is 0.319 e. The minimum absolute atomic E-state index is 0.0380. The minimum atomic E-state index is 0.0380. The van der Waals surface area contributed by atoms with Gasteiger partial charge in [0.1, 0.15) is 0 Å². The van der Waals surface area contributed by atoms with Crippen molar-refractivity contribution in [2.24, 2.45) is 0 Å². The van der Waals surface area contributed by atoms with E-state index in [4.69, 9.17) is 4.74 Å². The Kier molecular flexibility index (Phi) is 4.09. The number of carbonyl (C=O) groups is 1. The van der Waals surface area contributed by atoms with E-state index in [9.17, 15) is 4.79 Å². The second-order valence-corrected chi connectivity index (χ2v) is 5.08. The Hall–Kier alpha value is -1.56. The number of carbonyl (C=O) groups excluding carboxylic acids is 1. The van der Waals surface area contributed by atoms with Crippen molar-refractivity contribution in [2.75, 3.05) is 34.4 Å². The zero-order chi connectivity index (χ0) is 14.0. The Balaban J connectivity index is 2.29. The highest BCUT2D eigenvalue weighted by Crippen LogP contribution is 2.29. The number of fused-ring (bicyclic) bond motifs is 1. The highest BCUT2D eigenvalue weighted by atomic mass is 16.5. The lowest BCUT2D eigenvalue weighted by Crippen LogP contribution is -2.44. The van der Waals surface area contributed by atoms with Crippen molar-refractivity contribution in [2.45, 2.75) is 25.9 Å². The number of ether oxygens (including phenoxy) is 1. The van der Waals surface area contributed by atoms with Crippen LogP contribution in [0, 0.1) is 0 Å². The number of hydrogen-bond donors (Lipinski definition) is 0. The topological polar surface area (TPSA) is 50.6 Å². The molecule has 1 aromatic rings. The van der Waals surface area contributed by atoms with Gasteiger partial charge in [0.15, 0.2) is 0 Å². The predicted octanol–water partition coefficient (Wildman–Crippen LogP) is 1.13. The third kappa shape index (κ3) is 2.58. The first-order valence-electron chi connectivity index (χ1n) is 6.58. The van der Waals surface area contributed by atoms with Gasteiger partial charge in [0, 0.05) is 45.8 Å². The monoisotopic (exact) mass is 266 g/mol. The lowest BCUT2D eigenvalue weighted by atomic mass is 9.97. The number of urea groups is 1. The van der Waals surface area contributed by atoms with Gasteiger partial charge in [-0.3, -0.25) is 4.68 Å². The van der Waals surface area contributed by atoms with Crippen molar-refractivity contribution < 1.29 is 9.53 Å². The molecule has 0 spiro atoms. The van der Waals surface area contributed by atoms with Gasteiger partial charge in [-0.15, -0.1) is 0 Å². The fraction of sp³-hybridized carbons (Fsp3) is 0.692. The number of methoxy groups -OCH3 is 1. The van der Waals surface area contributed by atoms with Crippen LogP contribution in [0.4, 0.5) is 4.79 Å². The molecule has 0 saturated carbocycles. The molecule has 1 atom stereocenters. The molecule has 0 aromatic carbocycles. The van der Waals surface area contributed by atoms with Crippen molar-refractivity contribution in [1.29, 1.82) is 0 Å². The molecule has 0 N–H and O–H groups in total. The zero-order valence-corrected chi connectivity index (χ0v) is 12.1. The van der Waals surface area contributed by atoms with Crippen LogP contribution in [-0.4, -0.2) is 60.0 Å². The highest BCUT2D eigenvalue weighted by molar-refractivity contribution is 5.74. The SMILES string of the molecule is CCn1ncc2c1[C@H](COC)CN(C(=O)N(C)C)C2. The maximum atomic E-state index is 12.1. The summed E-state index contributed by atoms with van der Waals surface area (Å²) in [6, 6.07) is 0.0380. The van der Waals surface area contributed by atoms with E-state index in [1.165, 1.54) is 5.69 Å². The second kappa shape index (κ2) is 5.61. The van der Waals surface area contributed by atoms with Gasteiger partial charge in [0.2, 0.25) is 0 Å². The molecular weight excluding hydrogens is 244 g/mol. The van der Waals surface area contributed by atoms with Gasteiger partial charge in [-0.2, -0.15) is 5.10 Å². The van der Waals surface area contributed by atoms with Crippen molar-refractivity contribution in [3.8, 4) is 0 Å². The molecule has 6 heteroatoms. The Morgan fingerprint density at radius 3 is 2.89 bits per heavy atom. The maximum Gasteiger partial charge on any atom is 0.319 e. The molecule has 2 heterocycles. The Morgan fingerprint density at radius 2 is 2.32 bits per heavy atom. The zero-order valence-electron chi connectivity index (χ0n) is 12.1.